The molecule has 6 aromatic heterocycles. The second kappa shape index (κ2) is 20.6. The molecule has 0 unspecified atom stereocenters. The molecule has 0 saturated carbocycles. The van der Waals surface area contributed by atoms with Gasteiger partial charge >= 0.3 is 0 Å². The van der Waals surface area contributed by atoms with Crippen molar-refractivity contribution in [3.05, 3.63) is 308 Å². The summed E-state index contributed by atoms with van der Waals surface area (Å²) in [6.07, 6.45) is 0. The number of fused-ring (bicyclic) bond motifs is 36. The number of hydrogen-bond acceptors (Lipinski definition) is 6. The average molecular weight is 1470 g/mol. The van der Waals surface area contributed by atoms with Crippen LogP contribution in [-0.4, -0.2) is 33.3 Å². The number of para-hydroxylation sites is 11. The van der Waals surface area contributed by atoms with E-state index in [9.17, 15) is 0 Å². The number of anilines is 9. The Hall–Kier alpha value is -14.4. The van der Waals surface area contributed by atoms with Gasteiger partial charge in [0.2, 0.25) is 0 Å². The van der Waals surface area contributed by atoms with Gasteiger partial charge in [-0.15, -0.1) is 0 Å². The number of ether oxygens (including phenoxy) is 3. The normalized spacial score (nSPS) is 14.2. The van der Waals surface area contributed by atoms with Gasteiger partial charge in [0, 0.05) is 71.6 Å². The lowest BCUT2D eigenvalue weighted by Gasteiger charge is -2.45. The molecule has 0 bridgehead atoms. The van der Waals surface area contributed by atoms with Crippen LogP contribution in [0, 0.1) is 36.0 Å². The van der Waals surface area contributed by atoms with Crippen LogP contribution in [0.3, 0.4) is 0 Å². The number of hydrogen-bond donors (Lipinski definition) is 0. The molecule has 0 N–H and O–H groups in total. The molecule has 114 heavy (non-hydrogen) atoms. The Balaban J connectivity index is 0.832. The Bertz CT molecular complexity index is 8280. The molecule has 9 nitrogen and oxygen atoms in total. The van der Waals surface area contributed by atoms with Gasteiger partial charge in [0.25, 0.3) is 20.1 Å². The molecule has 0 radical (unpaired) electrons. The highest BCUT2D eigenvalue weighted by Crippen LogP contribution is 2.60. The average Bonchev–Trinajstić information content (AvgIpc) is 1.40. The first-order valence-electron chi connectivity index (χ1n) is 38.5. The number of nitrogens with zero attached hydrogens (tertiary/aromatic N) is 6. The van der Waals surface area contributed by atoms with E-state index in [4.69, 9.17) is 14.2 Å². The molecule has 0 aliphatic carbocycles. The summed E-state index contributed by atoms with van der Waals surface area (Å²) in [5.41, 5.74) is 18.4. The Labute approximate surface area is 644 Å². The molecule has 16 aromatic carbocycles. The summed E-state index contributed by atoms with van der Waals surface area (Å²) in [7, 11) is 0. The highest BCUT2D eigenvalue weighted by atomic mass is 19.1. The van der Waals surface area contributed by atoms with E-state index in [1.807, 2.05) is 128 Å². The van der Waals surface area contributed by atoms with Crippen molar-refractivity contribution in [2.45, 2.75) is 6.92 Å². The van der Waals surface area contributed by atoms with E-state index in [-0.39, 0.29) is 17.1 Å². The molecular weight excluding hydrogens is 1420 g/mol. The first-order valence-corrected chi connectivity index (χ1v) is 38.5. The Morgan fingerprint density at radius 3 is 0.912 bits per heavy atom. The largest absolute Gasteiger partial charge is 0.458 e. The van der Waals surface area contributed by atoms with Gasteiger partial charge in [-0.2, -0.15) is 0 Å². The van der Waals surface area contributed by atoms with Crippen LogP contribution >= 0.6 is 0 Å². The number of halogens is 5. The zero-order valence-corrected chi connectivity index (χ0v) is 60.0. The van der Waals surface area contributed by atoms with Gasteiger partial charge in [-0.3, -0.25) is 0 Å². The lowest BCUT2D eigenvalue weighted by atomic mass is 9.29. The van der Waals surface area contributed by atoms with Crippen molar-refractivity contribution < 1.29 is 36.2 Å². The van der Waals surface area contributed by atoms with E-state index in [0.29, 0.717) is 85.1 Å². The smallest absolute Gasteiger partial charge is 0.256 e. The highest BCUT2D eigenvalue weighted by Gasteiger charge is 2.54. The third-order valence-electron chi connectivity index (χ3n) is 26.1. The van der Waals surface area contributed by atoms with Gasteiger partial charge in [0.1, 0.15) is 75.0 Å². The molecule has 0 amide bonds. The van der Waals surface area contributed by atoms with Gasteiger partial charge in [-0.1, -0.05) is 182 Å². The molecule has 0 atom stereocenters. The van der Waals surface area contributed by atoms with Crippen LogP contribution in [0.15, 0.2) is 273 Å². The van der Waals surface area contributed by atoms with Crippen molar-refractivity contribution >= 4 is 235 Å². The fourth-order valence-corrected chi connectivity index (χ4v) is 22.1. The lowest BCUT2D eigenvalue weighted by Crippen LogP contribution is -2.65. The van der Waals surface area contributed by atoms with Crippen molar-refractivity contribution in [3.8, 4) is 34.5 Å². The van der Waals surface area contributed by atoms with Gasteiger partial charge < -0.3 is 42.1 Å². The summed E-state index contributed by atoms with van der Waals surface area (Å²) in [6.45, 7) is -0.237. The SMILES string of the molecule is Cc1cccc(F)c1N1c2cc3c(cc2B2c4cc5c(cc4Oc4c2c1c1c2ccccc2n2c6ccccc6c4c12)N(c1c(F)cccc1F)c1c2c(c4c6ccccc6n6c7ccccc7c1c46)Oc1ccccc1B52)B1c2ccccc2Oc2c1c(c1c4ccccc4n4c5ccccc5c2c14)N3c1c(F)cccc1F. The molecule has 22 aromatic rings. The fraction of sp³-hybridized carbons (Fsp3) is 0.0103. The predicted octanol–water partition coefficient (Wildman–Crippen LogP) is 19.4. The number of rotatable bonds is 3. The van der Waals surface area contributed by atoms with Crippen LogP contribution in [0.25, 0.3) is 114 Å². The summed E-state index contributed by atoms with van der Waals surface area (Å²) in [5, 5.41) is 10.5. The Kier molecular flexibility index (Phi) is 10.9. The standard InChI is InChI=1S/C97H48B3F5N6O3/c1-47-21-18-30-60(101)86(47)109-71-45-72-56(98-54-28-8-16-41-74(54)112-95-80-51-25-5-13-38-68(51)107-66-36-11-3-23-49(66)78(90(80)107)93(83(95)98)110(72)87-61(102)31-19-32-62(87)103)43-57(71)100-59-44-58-73(46-76(59)114-97-82-53-27-7-15-40-70(53)106-65-35-10-2-22-48(65)77(89(82)106)92(109)85(97)100)111(88-63(104)33-20-34-64(88)105)94-79-50-24-4-12-37-67(50)108-69-39-14-6-26-52(69)81(91(79)108)96-84(94)99(58)55-29-9-17-42-75(55)113-96/h2-46H,1H3. The summed E-state index contributed by atoms with van der Waals surface area (Å²) >= 11 is 0. The van der Waals surface area contributed by atoms with Crippen molar-refractivity contribution in [2.75, 3.05) is 14.7 Å². The predicted molar refractivity (Wildman–Crippen MR) is 453 cm³/mol. The molecule has 0 spiro atoms. The molecule has 12 heterocycles. The van der Waals surface area contributed by atoms with E-state index in [1.54, 1.807) is 15.9 Å². The van der Waals surface area contributed by atoms with Crippen molar-refractivity contribution in [2.24, 2.45) is 0 Å². The molecule has 28 rings (SSSR count). The van der Waals surface area contributed by atoms with Crippen LogP contribution in [0.1, 0.15) is 5.56 Å². The summed E-state index contributed by atoms with van der Waals surface area (Å²) in [6, 6.07) is 87.8. The molecule has 6 aliphatic rings. The zero-order chi connectivity index (χ0) is 74.6. The van der Waals surface area contributed by atoms with Gasteiger partial charge in [0.15, 0.2) is 0 Å². The second-order valence-electron chi connectivity index (χ2n) is 31.3. The minimum atomic E-state index is -0.831. The van der Waals surface area contributed by atoms with Crippen LogP contribution in [-0.2, 0) is 0 Å². The summed E-state index contributed by atoms with van der Waals surface area (Å²) < 4.78 is 122. The van der Waals surface area contributed by atoms with Crippen LogP contribution in [0.2, 0.25) is 0 Å². The first kappa shape index (κ1) is 60.4. The van der Waals surface area contributed by atoms with Crippen molar-refractivity contribution in [1.82, 2.24) is 13.2 Å². The van der Waals surface area contributed by atoms with Gasteiger partial charge in [-0.25, -0.2) is 22.0 Å². The van der Waals surface area contributed by atoms with Crippen molar-refractivity contribution in [1.29, 1.82) is 0 Å². The van der Waals surface area contributed by atoms with Gasteiger partial charge in [0.05, 0.1) is 88.6 Å². The van der Waals surface area contributed by atoms with E-state index >= 15 is 22.0 Å². The topological polar surface area (TPSA) is 50.6 Å². The molecule has 0 fully saturated rings. The Morgan fingerprint density at radius 1 is 0.246 bits per heavy atom. The monoisotopic (exact) mass is 1470 g/mol. The third kappa shape index (κ3) is 6.88. The quantitative estimate of drug-likeness (QED) is 0.130. The lowest BCUT2D eigenvalue weighted by molar-refractivity contribution is 0.493. The maximum Gasteiger partial charge on any atom is 0.256 e. The molecule has 0 saturated heterocycles. The van der Waals surface area contributed by atoms with E-state index < -0.39 is 49.2 Å². The minimum absolute atomic E-state index is 0.267. The maximum absolute atomic E-state index is 18.8. The number of benzene rings is 16. The number of aromatic nitrogens is 3. The van der Waals surface area contributed by atoms with E-state index in [0.717, 1.165) is 153 Å². The summed E-state index contributed by atoms with van der Waals surface area (Å²) in [4.78, 5) is 5.67. The van der Waals surface area contributed by atoms with Crippen LogP contribution in [0.5, 0.6) is 34.5 Å². The second-order valence-corrected chi connectivity index (χ2v) is 31.3. The molecular formula is C97H48B3F5N6O3. The van der Waals surface area contributed by atoms with E-state index in [1.165, 1.54) is 42.5 Å². The molecule has 6 aliphatic heterocycles. The third-order valence-corrected chi connectivity index (χ3v) is 26.1. The minimum Gasteiger partial charge on any atom is -0.458 e. The summed E-state index contributed by atoms with van der Waals surface area (Å²) in [5.74, 6) is -0.330. The highest BCUT2D eigenvalue weighted by molar-refractivity contribution is 7.04. The van der Waals surface area contributed by atoms with Crippen LogP contribution < -0.4 is 78.1 Å². The number of aryl methyl sites for hydroxylation is 1. The Morgan fingerprint density at radius 2 is 0.535 bits per heavy atom. The molecule has 17 heteroatoms. The van der Waals surface area contributed by atoms with Gasteiger partial charge in [-0.05, 0) is 147 Å². The maximum atomic E-state index is 18.8. The molecule has 528 valence electrons. The van der Waals surface area contributed by atoms with E-state index in [2.05, 4.69) is 121 Å². The zero-order valence-electron chi connectivity index (χ0n) is 60.0. The van der Waals surface area contributed by atoms with Crippen molar-refractivity contribution in [3.63, 3.8) is 0 Å². The van der Waals surface area contributed by atoms with Crippen LogP contribution in [0.4, 0.5) is 73.1 Å². The first-order chi connectivity index (χ1) is 56.2. The fourth-order valence-electron chi connectivity index (χ4n) is 22.1.